The standard InChI is InChI=1S/C13H22N6/c1-13(2,3)16-9-11-15-10-19(17-11)7-5-12-14-6-8-18(12)4/h6,8,10,16H,5,7,9H2,1-4H3. The molecule has 6 heteroatoms. The largest absolute Gasteiger partial charge is 0.338 e. The number of aromatic nitrogens is 5. The summed E-state index contributed by atoms with van der Waals surface area (Å²) in [5, 5.41) is 7.82. The molecule has 0 saturated heterocycles. The lowest BCUT2D eigenvalue weighted by atomic mass is 10.1. The van der Waals surface area contributed by atoms with Crippen LogP contribution in [0.3, 0.4) is 0 Å². The predicted octanol–water partition coefficient (Wildman–Crippen LogP) is 1.14. The monoisotopic (exact) mass is 262 g/mol. The third-order valence-electron chi connectivity index (χ3n) is 2.85. The molecule has 0 saturated carbocycles. The van der Waals surface area contributed by atoms with E-state index in [0.717, 1.165) is 24.6 Å². The van der Waals surface area contributed by atoms with Gasteiger partial charge < -0.3 is 9.88 Å². The minimum Gasteiger partial charge on any atom is -0.338 e. The Kier molecular flexibility index (Phi) is 3.99. The van der Waals surface area contributed by atoms with Gasteiger partial charge in [0.15, 0.2) is 5.82 Å². The van der Waals surface area contributed by atoms with Gasteiger partial charge in [-0.05, 0) is 20.8 Å². The Labute approximate surface area is 113 Å². The van der Waals surface area contributed by atoms with Crippen molar-refractivity contribution >= 4 is 0 Å². The van der Waals surface area contributed by atoms with Crippen LogP contribution in [0.25, 0.3) is 0 Å². The maximum absolute atomic E-state index is 4.45. The van der Waals surface area contributed by atoms with Crippen molar-refractivity contribution in [3.05, 3.63) is 30.4 Å². The Morgan fingerprint density at radius 2 is 2.05 bits per heavy atom. The van der Waals surface area contributed by atoms with Gasteiger partial charge in [0.25, 0.3) is 0 Å². The Bertz CT molecular complexity index is 519. The van der Waals surface area contributed by atoms with Gasteiger partial charge in [-0.15, -0.1) is 0 Å². The number of rotatable bonds is 5. The molecule has 0 atom stereocenters. The zero-order chi connectivity index (χ0) is 13.9. The second kappa shape index (κ2) is 5.52. The van der Waals surface area contributed by atoms with Gasteiger partial charge in [-0.2, -0.15) is 5.10 Å². The molecule has 19 heavy (non-hydrogen) atoms. The van der Waals surface area contributed by atoms with Gasteiger partial charge in [0.05, 0.1) is 6.54 Å². The highest BCUT2D eigenvalue weighted by Gasteiger charge is 2.10. The Morgan fingerprint density at radius 1 is 1.26 bits per heavy atom. The van der Waals surface area contributed by atoms with Gasteiger partial charge in [0.1, 0.15) is 12.2 Å². The van der Waals surface area contributed by atoms with Crippen LogP contribution >= 0.6 is 0 Å². The molecule has 2 aromatic heterocycles. The van der Waals surface area contributed by atoms with Crippen molar-refractivity contribution in [3.63, 3.8) is 0 Å². The van der Waals surface area contributed by atoms with E-state index in [2.05, 4.69) is 41.2 Å². The van der Waals surface area contributed by atoms with Gasteiger partial charge in [-0.25, -0.2) is 9.97 Å². The number of hydrogen-bond acceptors (Lipinski definition) is 4. The van der Waals surface area contributed by atoms with E-state index in [9.17, 15) is 0 Å². The number of nitrogens with one attached hydrogen (secondary N) is 1. The van der Waals surface area contributed by atoms with Gasteiger partial charge in [-0.3, -0.25) is 4.68 Å². The molecule has 104 valence electrons. The van der Waals surface area contributed by atoms with Crippen molar-refractivity contribution < 1.29 is 0 Å². The average molecular weight is 262 g/mol. The quantitative estimate of drug-likeness (QED) is 0.878. The molecular weight excluding hydrogens is 240 g/mol. The number of imidazole rings is 1. The molecular formula is C13H22N6. The third kappa shape index (κ3) is 4.17. The van der Waals surface area contributed by atoms with E-state index in [-0.39, 0.29) is 5.54 Å². The number of hydrogen-bond donors (Lipinski definition) is 1. The fourth-order valence-corrected chi connectivity index (χ4v) is 1.72. The molecule has 0 fully saturated rings. The van der Waals surface area contributed by atoms with Crippen molar-refractivity contribution in [2.24, 2.45) is 7.05 Å². The second-order valence-corrected chi connectivity index (χ2v) is 5.73. The molecule has 0 radical (unpaired) electrons. The molecule has 2 aromatic rings. The second-order valence-electron chi connectivity index (χ2n) is 5.73. The van der Waals surface area contributed by atoms with Crippen molar-refractivity contribution in [3.8, 4) is 0 Å². The Morgan fingerprint density at radius 3 is 2.68 bits per heavy atom. The van der Waals surface area contributed by atoms with E-state index in [0.29, 0.717) is 6.54 Å². The van der Waals surface area contributed by atoms with E-state index in [1.54, 1.807) is 6.33 Å². The van der Waals surface area contributed by atoms with Gasteiger partial charge in [0, 0.05) is 37.9 Å². The molecule has 0 amide bonds. The zero-order valence-electron chi connectivity index (χ0n) is 12.1. The van der Waals surface area contributed by atoms with Crippen LogP contribution in [-0.4, -0.2) is 29.9 Å². The summed E-state index contributed by atoms with van der Waals surface area (Å²) in [6.45, 7) is 7.88. The van der Waals surface area contributed by atoms with E-state index in [4.69, 9.17) is 0 Å². The molecule has 0 aliphatic rings. The van der Waals surface area contributed by atoms with Crippen LogP contribution in [0.5, 0.6) is 0 Å². The summed E-state index contributed by atoms with van der Waals surface area (Å²) in [5.41, 5.74) is 0.0818. The molecule has 0 aromatic carbocycles. The maximum atomic E-state index is 4.45. The summed E-state index contributed by atoms with van der Waals surface area (Å²) < 4.78 is 3.90. The first-order valence-electron chi connectivity index (χ1n) is 6.53. The highest BCUT2D eigenvalue weighted by atomic mass is 15.3. The van der Waals surface area contributed by atoms with E-state index < -0.39 is 0 Å². The van der Waals surface area contributed by atoms with E-state index >= 15 is 0 Å². The highest BCUT2D eigenvalue weighted by Crippen LogP contribution is 2.01. The normalized spacial score (nSPS) is 12.0. The highest BCUT2D eigenvalue weighted by molar-refractivity contribution is 4.91. The molecule has 0 bridgehead atoms. The SMILES string of the molecule is Cn1ccnc1CCn1cnc(CNC(C)(C)C)n1. The Hall–Kier alpha value is -1.69. The Balaban J connectivity index is 1.86. The molecule has 0 spiro atoms. The fraction of sp³-hybridized carbons (Fsp3) is 0.615. The van der Waals surface area contributed by atoms with Gasteiger partial charge >= 0.3 is 0 Å². The molecule has 0 aliphatic carbocycles. The third-order valence-corrected chi connectivity index (χ3v) is 2.85. The number of aryl methyl sites for hydroxylation is 3. The minimum atomic E-state index is 0.0818. The van der Waals surface area contributed by atoms with Crippen LogP contribution < -0.4 is 5.32 Å². The average Bonchev–Trinajstić information content (AvgIpc) is 2.92. The molecule has 6 nitrogen and oxygen atoms in total. The van der Waals surface area contributed by atoms with Crippen LogP contribution in [0.15, 0.2) is 18.7 Å². The smallest absolute Gasteiger partial charge is 0.164 e. The molecule has 2 rings (SSSR count). The van der Waals surface area contributed by atoms with Crippen molar-refractivity contribution in [2.75, 3.05) is 0 Å². The first-order chi connectivity index (χ1) is 8.94. The lowest BCUT2D eigenvalue weighted by Gasteiger charge is -2.19. The summed E-state index contributed by atoms with van der Waals surface area (Å²) >= 11 is 0. The molecule has 0 unspecified atom stereocenters. The van der Waals surface area contributed by atoms with E-state index in [1.807, 2.05) is 28.7 Å². The van der Waals surface area contributed by atoms with Crippen molar-refractivity contribution in [1.29, 1.82) is 0 Å². The summed E-state index contributed by atoms with van der Waals surface area (Å²) in [5.74, 6) is 1.89. The van der Waals surface area contributed by atoms with Crippen LogP contribution in [0.1, 0.15) is 32.4 Å². The lowest BCUT2D eigenvalue weighted by molar-refractivity contribution is 0.416. The van der Waals surface area contributed by atoms with Crippen LogP contribution in [0.2, 0.25) is 0 Å². The molecule has 2 heterocycles. The van der Waals surface area contributed by atoms with Crippen molar-refractivity contribution in [2.45, 2.75) is 45.8 Å². The topological polar surface area (TPSA) is 60.6 Å². The number of nitrogens with zero attached hydrogens (tertiary/aromatic N) is 5. The minimum absolute atomic E-state index is 0.0818. The fourth-order valence-electron chi connectivity index (χ4n) is 1.72. The zero-order valence-corrected chi connectivity index (χ0v) is 12.1. The summed E-state index contributed by atoms with van der Waals surface area (Å²) in [6.07, 6.45) is 6.41. The first kappa shape index (κ1) is 13.7. The summed E-state index contributed by atoms with van der Waals surface area (Å²) in [6, 6.07) is 0. The molecule has 1 N–H and O–H groups in total. The predicted molar refractivity (Wildman–Crippen MR) is 73.5 cm³/mol. The first-order valence-corrected chi connectivity index (χ1v) is 6.53. The lowest BCUT2D eigenvalue weighted by Crippen LogP contribution is -2.35. The van der Waals surface area contributed by atoms with Gasteiger partial charge in [-0.1, -0.05) is 0 Å². The van der Waals surface area contributed by atoms with Crippen LogP contribution in [-0.2, 0) is 26.6 Å². The van der Waals surface area contributed by atoms with Crippen LogP contribution in [0.4, 0.5) is 0 Å². The van der Waals surface area contributed by atoms with Gasteiger partial charge in [0.2, 0.25) is 0 Å². The maximum Gasteiger partial charge on any atom is 0.164 e. The summed E-state index contributed by atoms with van der Waals surface area (Å²) in [7, 11) is 2.00. The van der Waals surface area contributed by atoms with E-state index in [1.165, 1.54) is 0 Å². The van der Waals surface area contributed by atoms with Crippen LogP contribution in [0, 0.1) is 0 Å². The van der Waals surface area contributed by atoms with Crippen molar-refractivity contribution in [1.82, 2.24) is 29.6 Å². The molecule has 0 aliphatic heterocycles. The summed E-state index contributed by atoms with van der Waals surface area (Å²) in [4.78, 5) is 8.60.